The van der Waals surface area contributed by atoms with Gasteiger partial charge in [0.1, 0.15) is 22.7 Å². The first-order chi connectivity index (χ1) is 30.3. The van der Waals surface area contributed by atoms with E-state index >= 15 is 0 Å². The molecule has 0 aliphatic carbocycles. The molecule has 0 heterocycles. The maximum absolute atomic E-state index is 11.8. The highest BCUT2D eigenvalue weighted by Crippen LogP contribution is 2.44. The highest BCUT2D eigenvalue weighted by molar-refractivity contribution is 6.31. The van der Waals surface area contributed by atoms with Crippen molar-refractivity contribution in [1.29, 1.82) is 0 Å². The minimum atomic E-state index is -0.377. The van der Waals surface area contributed by atoms with Gasteiger partial charge in [-0.2, -0.15) is 0 Å². The summed E-state index contributed by atoms with van der Waals surface area (Å²) in [6, 6.07) is 14.6. The summed E-state index contributed by atoms with van der Waals surface area (Å²) in [7, 11) is 0. The summed E-state index contributed by atoms with van der Waals surface area (Å²) in [6.45, 7) is 13.0. The van der Waals surface area contributed by atoms with Crippen LogP contribution in [0, 0.1) is 0 Å². The molecule has 3 aromatic carbocycles. The van der Waals surface area contributed by atoms with Crippen molar-refractivity contribution in [3.05, 3.63) is 47.5 Å². The molecule has 0 saturated heterocycles. The second-order valence-corrected chi connectivity index (χ2v) is 20.6. The second kappa shape index (κ2) is 31.8. The molecule has 7 heteroatoms. The third-order valence-electron chi connectivity index (χ3n) is 11.8. The lowest BCUT2D eigenvalue weighted by molar-refractivity contribution is -0.156. The molecule has 0 fully saturated rings. The lowest BCUT2D eigenvalue weighted by atomic mass is 10.0. The summed E-state index contributed by atoms with van der Waals surface area (Å²) in [5.74, 6) is 1.74. The molecule has 0 unspecified atom stereocenters. The highest BCUT2D eigenvalue weighted by Gasteiger charge is 2.18. The van der Waals surface area contributed by atoms with Crippen molar-refractivity contribution < 1.29 is 28.5 Å². The van der Waals surface area contributed by atoms with Crippen molar-refractivity contribution in [2.75, 3.05) is 13.2 Å². The average molecular weight is 894 g/mol. The van der Waals surface area contributed by atoms with E-state index in [0.29, 0.717) is 31.1 Å². The molecule has 0 radical (unpaired) electrons. The number of rotatable bonds is 36. The standard InChI is InChI=1S/C56H89ClO6/c1-55(2,3)62-51(58)39-31-27-23-19-15-11-7-9-13-17-21-25-29-35-43-60-53-47-37-33-34-38-48(47)54(50-45-46(57)41-42-49(50)53)61-44-36-30-26-22-18-14-10-8-12-16-20-24-28-32-40-52(59)63-56(4,5)6/h33-34,37-38,41-42,45H,7-32,35-36,39-40,43-44H2,1-6H3. The van der Waals surface area contributed by atoms with Crippen molar-refractivity contribution in [2.24, 2.45) is 0 Å². The molecule has 6 nitrogen and oxygen atoms in total. The number of unbranched alkanes of at least 4 members (excludes halogenated alkanes) is 26. The minimum Gasteiger partial charge on any atom is -0.492 e. The monoisotopic (exact) mass is 893 g/mol. The summed E-state index contributed by atoms with van der Waals surface area (Å²) < 4.78 is 24.0. The first kappa shape index (κ1) is 54.3. The molecular weight excluding hydrogens is 804 g/mol. The molecule has 0 spiro atoms. The molecule has 0 saturated carbocycles. The lowest BCUT2D eigenvalue weighted by Crippen LogP contribution is -2.23. The zero-order chi connectivity index (χ0) is 45.6. The van der Waals surface area contributed by atoms with E-state index in [1.54, 1.807) is 0 Å². The number of ether oxygens (including phenoxy) is 4. The molecule has 63 heavy (non-hydrogen) atoms. The van der Waals surface area contributed by atoms with Gasteiger partial charge in [-0.15, -0.1) is 0 Å². The SMILES string of the molecule is CC(C)(C)OC(=O)CCCCCCCCCCCCCCCCOc1c2ccccc2c(OCCCCCCCCCCCCCCCCC(=O)OC(C)(C)C)c2cc(Cl)ccc12. The van der Waals surface area contributed by atoms with Crippen LogP contribution in [-0.4, -0.2) is 36.4 Å². The molecule has 0 aromatic heterocycles. The number of halogens is 1. The minimum absolute atomic E-state index is 0.0632. The summed E-state index contributed by atoms with van der Waals surface area (Å²) >= 11 is 6.57. The van der Waals surface area contributed by atoms with Crippen LogP contribution in [0.1, 0.15) is 234 Å². The zero-order valence-electron chi connectivity index (χ0n) is 41.0. The van der Waals surface area contributed by atoms with Gasteiger partial charge in [0.15, 0.2) is 0 Å². The normalized spacial score (nSPS) is 12.0. The number of hydrogen-bond donors (Lipinski definition) is 0. The Morgan fingerprint density at radius 2 is 0.683 bits per heavy atom. The molecule has 356 valence electrons. The molecule has 0 atom stereocenters. The van der Waals surface area contributed by atoms with E-state index in [-0.39, 0.29) is 23.1 Å². The number of hydrogen-bond acceptors (Lipinski definition) is 6. The van der Waals surface area contributed by atoms with Crippen molar-refractivity contribution in [3.63, 3.8) is 0 Å². The molecule has 0 bridgehead atoms. The van der Waals surface area contributed by atoms with Gasteiger partial charge in [0, 0.05) is 39.4 Å². The van der Waals surface area contributed by atoms with Crippen molar-refractivity contribution in [2.45, 2.75) is 245 Å². The first-order valence-electron chi connectivity index (χ1n) is 25.7. The zero-order valence-corrected chi connectivity index (χ0v) is 41.8. The number of fused-ring (bicyclic) bond motifs is 2. The Morgan fingerprint density at radius 3 is 1.02 bits per heavy atom. The van der Waals surface area contributed by atoms with Crippen LogP contribution >= 0.6 is 11.6 Å². The quantitative estimate of drug-likeness (QED) is 0.0329. The van der Waals surface area contributed by atoms with E-state index in [9.17, 15) is 9.59 Å². The molecule has 0 N–H and O–H groups in total. The van der Waals surface area contributed by atoms with Crippen LogP contribution in [-0.2, 0) is 19.1 Å². The largest absolute Gasteiger partial charge is 0.492 e. The van der Waals surface area contributed by atoms with Crippen LogP contribution in [0.4, 0.5) is 0 Å². The van der Waals surface area contributed by atoms with Crippen LogP contribution in [0.5, 0.6) is 11.5 Å². The third-order valence-corrected chi connectivity index (χ3v) is 12.0. The predicted octanol–water partition coefficient (Wildman–Crippen LogP) is 17.8. The molecule has 0 amide bonds. The van der Waals surface area contributed by atoms with Gasteiger partial charge in [0.25, 0.3) is 0 Å². The Hall–Kier alpha value is -2.99. The Labute approximate surface area is 389 Å². The smallest absolute Gasteiger partial charge is 0.306 e. The second-order valence-electron chi connectivity index (χ2n) is 20.2. The Kier molecular flexibility index (Phi) is 27.4. The molecule has 0 aliphatic heterocycles. The number of carbonyl (C=O) groups is 2. The maximum Gasteiger partial charge on any atom is 0.306 e. The van der Waals surface area contributed by atoms with Gasteiger partial charge < -0.3 is 18.9 Å². The fraction of sp³-hybridized carbons (Fsp3) is 0.714. The van der Waals surface area contributed by atoms with E-state index in [2.05, 4.69) is 30.3 Å². The summed E-state index contributed by atoms with van der Waals surface area (Å²) in [6.07, 6.45) is 35.8. The van der Waals surface area contributed by atoms with Crippen LogP contribution < -0.4 is 9.47 Å². The van der Waals surface area contributed by atoms with Crippen LogP contribution in [0.2, 0.25) is 5.02 Å². The molecule has 3 aromatic rings. The van der Waals surface area contributed by atoms with Gasteiger partial charge >= 0.3 is 11.9 Å². The van der Waals surface area contributed by atoms with Crippen LogP contribution in [0.15, 0.2) is 42.5 Å². The number of benzene rings is 3. The molecule has 0 aliphatic rings. The molecular formula is C56H89ClO6. The lowest BCUT2D eigenvalue weighted by Gasteiger charge is -2.19. The number of carbonyl (C=O) groups excluding carboxylic acids is 2. The topological polar surface area (TPSA) is 71.1 Å². The summed E-state index contributed by atoms with van der Waals surface area (Å²) in [5.41, 5.74) is -0.753. The van der Waals surface area contributed by atoms with Crippen molar-refractivity contribution in [1.82, 2.24) is 0 Å². The van der Waals surface area contributed by atoms with E-state index in [4.69, 9.17) is 30.5 Å². The van der Waals surface area contributed by atoms with Crippen molar-refractivity contribution in [3.8, 4) is 11.5 Å². The average Bonchev–Trinajstić information content (AvgIpc) is 3.22. The first-order valence-corrected chi connectivity index (χ1v) is 26.0. The Balaban J connectivity index is 1.23. The van der Waals surface area contributed by atoms with Crippen molar-refractivity contribution >= 4 is 45.1 Å². The summed E-state index contributed by atoms with van der Waals surface area (Å²) in [5, 5.41) is 5.02. The maximum atomic E-state index is 11.8. The van der Waals surface area contributed by atoms with Gasteiger partial charge in [-0.05, 0) is 85.4 Å². The van der Waals surface area contributed by atoms with Gasteiger partial charge in [-0.1, -0.05) is 190 Å². The van der Waals surface area contributed by atoms with Gasteiger partial charge in [0.2, 0.25) is 0 Å². The van der Waals surface area contributed by atoms with Gasteiger partial charge in [-0.25, -0.2) is 0 Å². The molecule has 3 rings (SSSR count). The van der Waals surface area contributed by atoms with E-state index in [0.717, 1.165) is 71.6 Å². The highest BCUT2D eigenvalue weighted by atomic mass is 35.5. The van der Waals surface area contributed by atoms with E-state index in [1.165, 1.54) is 141 Å². The van der Waals surface area contributed by atoms with Crippen LogP contribution in [0.25, 0.3) is 21.5 Å². The Morgan fingerprint density at radius 1 is 0.397 bits per heavy atom. The summed E-state index contributed by atoms with van der Waals surface area (Å²) in [4.78, 5) is 23.7. The van der Waals surface area contributed by atoms with Gasteiger partial charge in [-0.3, -0.25) is 9.59 Å². The Bertz CT molecular complexity index is 1690. The number of esters is 2. The third kappa shape index (κ3) is 25.3. The van der Waals surface area contributed by atoms with Gasteiger partial charge in [0.05, 0.1) is 13.2 Å². The van der Waals surface area contributed by atoms with E-state index < -0.39 is 0 Å². The van der Waals surface area contributed by atoms with E-state index in [1.807, 2.05) is 53.7 Å². The fourth-order valence-electron chi connectivity index (χ4n) is 8.50. The fourth-order valence-corrected chi connectivity index (χ4v) is 8.67. The predicted molar refractivity (Wildman–Crippen MR) is 268 cm³/mol. The van der Waals surface area contributed by atoms with Crippen LogP contribution in [0.3, 0.4) is 0 Å².